The highest BCUT2D eigenvalue weighted by atomic mass is 19.2. The first-order valence-electron chi connectivity index (χ1n) is 11.0. The molecule has 0 bridgehead atoms. The zero-order valence-corrected chi connectivity index (χ0v) is 19.6. The molecular formula is C24H29F2N5O3. The number of nitrogens with zero attached hydrogens (tertiary/aromatic N) is 3. The molecule has 0 saturated heterocycles. The van der Waals surface area contributed by atoms with Crippen LogP contribution in [0.2, 0.25) is 0 Å². The molecule has 2 N–H and O–H groups in total. The third-order valence-electron chi connectivity index (χ3n) is 4.65. The van der Waals surface area contributed by atoms with E-state index < -0.39 is 29.6 Å². The molecule has 0 spiro atoms. The average molecular weight is 474 g/mol. The van der Waals surface area contributed by atoms with Gasteiger partial charge in [-0.2, -0.15) is 5.10 Å². The van der Waals surface area contributed by atoms with Gasteiger partial charge in [0.1, 0.15) is 5.82 Å². The maximum absolute atomic E-state index is 13.6. The minimum Gasteiger partial charge on any atom is -0.465 e. The van der Waals surface area contributed by atoms with Crippen molar-refractivity contribution in [1.29, 1.82) is 0 Å². The lowest BCUT2D eigenvalue weighted by atomic mass is 10.0. The number of hydrogen-bond acceptors (Lipinski definition) is 6. The summed E-state index contributed by atoms with van der Waals surface area (Å²) in [5.74, 6) is -2.57. The van der Waals surface area contributed by atoms with E-state index in [0.29, 0.717) is 17.1 Å². The normalized spacial score (nSPS) is 11.2. The Morgan fingerprint density at radius 1 is 1.09 bits per heavy atom. The fraction of sp³-hybridized carbons (Fsp3) is 0.333. The van der Waals surface area contributed by atoms with Gasteiger partial charge in [0.2, 0.25) is 5.91 Å². The molecule has 1 atom stereocenters. The van der Waals surface area contributed by atoms with Crippen molar-refractivity contribution < 1.29 is 23.1 Å². The minimum atomic E-state index is -1.01. The van der Waals surface area contributed by atoms with Gasteiger partial charge in [-0.25, -0.2) is 8.78 Å². The Morgan fingerprint density at radius 3 is 2.44 bits per heavy atom. The lowest BCUT2D eigenvalue weighted by Gasteiger charge is -2.18. The number of pyridine rings is 1. The van der Waals surface area contributed by atoms with Crippen molar-refractivity contribution in [3.8, 4) is 11.3 Å². The number of halogens is 2. The number of aromatic nitrogens is 3. The molecule has 3 aromatic rings. The first-order valence-corrected chi connectivity index (χ1v) is 11.0. The molecule has 1 amide bonds. The maximum Gasteiger partial charge on any atom is 0.319 e. The third-order valence-corrected chi connectivity index (χ3v) is 4.65. The molecule has 1 unspecified atom stereocenters. The van der Waals surface area contributed by atoms with Crippen molar-refractivity contribution >= 4 is 17.7 Å². The summed E-state index contributed by atoms with van der Waals surface area (Å²) >= 11 is 0. The molecule has 0 aliphatic heterocycles. The molecule has 10 heteroatoms. The highest BCUT2D eigenvalue weighted by Gasteiger charge is 2.22. The molecule has 1 aromatic carbocycles. The van der Waals surface area contributed by atoms with Crippen LogP contribution in [0.15, 0.2) is 48.8 Å². The number of esters is 1. The van der Waals surface area contributed by atoms with Crippen molar-refractivity contribution in [3.05, 3.63) is 66.0 Å². The number of rotatable bonds is 9. The van der Waals surface area contributed by atoms with Gasteiger partial charge in [0.05, 0.1) is 24.9 Å². The molecule has 0 radical (unpaired) electrons. The van der Waals surface area contributed by atoms with E-state index in [1.54, 1.807) is 44.6 Å². The second-order valence-corrected chi connectivity index (χ2v) is 6.95. The van der Waals surface area contributed by atoms with Crippen LogP contribution in [-0.4, -0.2) is 45.8 Å². The molecule has 2 aromatic heterocycles. The van der Waals surface area contributed by atoms with Crippen molar-refractivity contribution in [3.63, 3.8) is 0 Å². The number of amides is 1. The van der Waals surface area contributed by atoms with Crippen LogP contribution in [0.25, 0.3) is 11.3 Å². The summed E-state index contributed by atoms with van der Waals surface area (Å²) in [7, 11) is 1.68. The number of aryl methyl sites for hydroxylation is 1. The van der Waals surface area contributed by atoms with E-state index in [4.69, 9.17) is 4.74 Å². The van der Waals surface area contributed by atoms with Crippen LogP contribution in [0.3, 0.4) is 0 Å². The summed E-state index contributed by atoms with van der Waals surface area (Å²) in [6.07, 6.45) is 3.30. The van der Waals surface area contributed by atoms with Gasteiger partial charge in [-0.1, -0.05) is 19.9 Å². The summed E-state index contributed by atoms with van der Waals surface area (Å²) < 4.78 is 33.3. The molecule has 8 nitrogen and oxygen atoms in total. The van der Waals surface area contributed by atoms with Crippen molar-refractivity contribution in [2.24, 2.45) is 7.05 Å². The van der Waals surface area contributed by atoms with Gasteiger partial charge < -0.3 is 10.1 Å². The molecule has 182 valence electrons. The van der Waals surface area contributed by atoms with Crippen LogP contribution < -0.4 is 10.6 Å². The molecule has 3 rings (SSSR count). The lowest BCUT2D eigenvalue weighted by Crippen LogP contribution is -2.45. The molecule has 34 heavy (non-hydrogen) atoms. The molecule has 0 fully saturated rings. The zero-order valence-electron chi connectivity index (χ0n) is 19.6. The first kappa shape index (κ1) is 26.6. The van der Waals surface area contributed by atoms with E-state index in [1.165, 1.54) is 10.7 Å². The van der Waals surface area contributed by atoms with Gasteiger partial charge in [-0.15, -0.1) is 0 Å². The number of benzene rings is 1. The number of hydrogen-bond donors (Lipinski definition) is 2. The number of anilines is 1. The van der Waals surface area contributed by atoms with E-state index in [0.717, 1.165) is 17.7 Å². The van der Waals surface area contributed by atoms with Gasteiger partial charge in [-0.05, 0) is 43.2 Å². The third kappa shape index (κ3) is 7.45. The van der Waals surface area contributed by atoms with Gasteiger partial charge in [0.25, 0.3) is 0 Å². The van der Waals surface area contributed by atoms with Gasteiger partial charge in [0.15, 0.2) is 11.6 Å². The topological polar surface area (TPSA) is 98.1 Å². The number of carbonyl (C=O) groups excluding carboxylic acids is 2. The van der Waals surface area contributed by atoms with Gasteiger partial charge >= 0.3 is 5.97 Å². The van der Waals surface area contributed by atoms with Gasteiger partial charge in [-0.3, -0.25) is 24.6 Å². The fourth-order valence-corrected chi connectivity index (χ4v) is 3.04. The van der Waals surface area contributed by atoms with Crippen LogP contribution in [0.5, 0.6) is 0 Å². The van der Waals surface area contributed by atoms with Crippen LogP contribution in [0, 0.1) is 11.6 Å². The number of ether oxygens (including phenoxy) is 1. The SMILES string of the molecule is CC.CCOC(=O)CNC(Cc1ccc(F)c(F)c1)C(=O)Nc1cc(-c2ccncc2)nn1C. The highest BCUT2D eigenvalue weighted by molar-refractivity contribution is 5.95. The van der Waals surface area contributed by atoms with Crippen LogP contribution in [0.4, 0.5) is 14.6 Å². The minimum absolute atomic E-state index is 0.0253. The average Bonchev–Trinajstić information content (AvgIpc) is 3.21. The van der Waals surface area contributed by atoms with Crippen LogP contribution in [-0.2, 0) is 27.8 Å². The predicted molar refractivity (Wildman–Crippen MR) is 125 cm³/mol. The molecule has 2 heterocycles. The molecular weight excluding hydrogens is 444 g/mol. The smallest absolute Gasteiger partial charge is 0.319 e. The second-order valence-electron chi connectivity index (χ2n) is 6.95. The summed E-state index contributed by atoms with van der Waals surface area (Å²) in [4.78, 5) is 28.7. The first-order chi connectivity index (χ1) is 16.4. The van der Waals surface area contributed by atoms with Crippen LogP contribution in [0.1, 0.15) is 26.3 Å². The summed E-state index contributed by atoms with van der Waals surface area (Å²) in [5.41, 5.74) is 1.86. The van der Waals surface area contributed by atoms with E-state index >= 15 is 0 Å². The monoisotopic (exact) mass is 473 g/mol. The molecule has 0 aliphatic rings. The standard InChI is InChI=1S/C22H23F2N5O3.C2H6/c1-3-32-21(30)13-26-19(11-14-4-5-16(23)17(24)10-14)22(31)27-20-12-18(28-29(20)2)15-6-8-25-9-7-15;1-2/h4-10,12,19,26H,3,11,13H2,1-2H3,(H,27,31);1-2H3. The zero-order chi connectivity index (χ0) is 25.1. The van der Waals surface area contributed by atoms with Crippen LogP contribution >= 0.6 is 0 Å². The summed E-state index contributed by atoms with van der Waals surface area (Å²) in [6, 6.07) is 7.77. The van der Waals surface area contributed by atoms with E-state index in [9.17, 15) is 18.4 Å². The quantitative estimate of drug-likeness (QED) is 0.462. The van der Waals surface area contributed by atoms with Gasteiger partial charge in [0, 0.05) is 31.1 Å². The predicted octanol–water partition coefficient (Wildman–Crippen LogP) is 3.49. The largest absolute Gasteiger partial charge is 0.465 e. The highest BCUT2D eigenvalue weighted by Crippen LogP contribution is 2.21. The van der Waals surface area contributed by atoms with Crippen molar-refractivity contribution in [1.82, 2.24) is 20.1 Å². The Morgan fingerprint density at radius 2 is 1.79 bits per heavy atom. The summed E-state index contributed by atoms with van der Waals surface area (Å²) in [5, 5.41) is 9.98. The van der Waals surface area contributed by atoms with E-state index in [-0.39, 0.29) is 19.6 Å². The number of nitrogens with one attached hydrogen (secondary N) is 2. The number of carbonyl (C=O) groups is 2. The molecule has 0 aliphatic carbocycles. The maximum atomic E-state index is 13.6. The van der Waals surface area contributed by atoms with Crippen molar-refractivity contribution in [2.45, 2.75) is 33.2 Å². The summed E-state index contributed by atoms with van der Waals surface area (Å²) in [6.45, 7) is 5.66. The second kappa shape index (κ2) is 13.1. The van der Waals surface area contributed by atoms with E-state index in [1.807, 2.05) is 13.8 Å². The van der Waals surface area contributed by atoms with E-state index in [2.05, 4.69) is 20.7 Å². The molecule has 0 saturated carbocycles. The Balaban J connectivity index is 0.00000199. The Bertz CT molecular complexity index is 1090. The Hall–Kier alpha value is -3.66. The Kier molecular flexibility index (Phi) is 10.3. The lowest BCUT2D eigenvalue weighted by molar-refractivity contribution is -0.142. The van der Waals surface area contributed by atoms with Crippen molar-refractivity contribution in [2.75, 3.05) is 18.5 Å². The Labute approximate surface area is 197 Å². The fourth-order valence-electron chi connectivity index (χ4n) is 3.04.